The summed E-state index contributed by atoms with van der Waals surface area (Å²) < 4.78 is 5.29. The Morgan fingerprint density at radius 2 is 1.82 bits per heavy atom. The fourth-order valence-electron chi connectivity index (χ4n) is 3.51. The van der Waals surface area contributed by atoms with Crippen LogP contribution in [-0.2, 0) is 17.1 Å². The van der Waals surface area contributed by atoms with E-state index in [1.807, 2.05) is 67.6 Å². The lowest BCUT2D eigenvalue weighted by molar-refractivity contribution is 0.0940. The summed E-state index contributed by atoms with van der Waals surface area (Å²) in [6.07, 6.45) is 0. The zero-order chi connectivity index (χ0) is 23.6. The van der Waals surface area contributed by atoms with E-state index in [2.05, 4.69) is 29.0 Å². The van der Waals surface area contributed by atoms with Gasteiger partial charge in [-0.3, -0.25) is 4.79 Å². The van der Waals surface area contributed by atoms with Gasteiger partial charge in [-0.1, -0.05) is 54.2 Å². The molecule has 0 bridgehead atoms. The highest BCUT2D eigenvalue weighted by Crippen LogP contribution is 2.24. The molecule has 0 aliphatic carbocycles. The molecule has 1 atom stereocenters. The van der Waals surface area contributed by atoms with E-state index in [1.165, 1.54) is 0 Å². The van der Waals surface area contributed by atoms with E-state index in [4.69, 9.17) is 9.72 Å². The number of benzene rings is 2. The lowest BCUT2D eigenvalue weighted by Crippen LogP contribution is -2.26. The zero-order valence-electron chi connectivity index (χ0n) is 19.7. The van der Waals surface area contributed by atoms with E-state index in [1.54, 1.807) is 18.9 Å². The molecule has 0 aliphatic rings. The third-order valence-electron chi connectivity index (χ3n) is 5.33. The summed E-state index contributed by atoms with van der Waals surface area (Å²) in [6.45, 7) is 8.42. The number of nitrogens with one attached hydrogen (secondary N) is 1. The minimum Gasteiger partial charge on any atom is -0.378 e. The van der Waals surface area contributed by atoms with Crippen LogP contribution in [-0.4, -0.2) is 36.1 Å². The molecule has 0 radical (unpaired) electrons. The Morgan fingerprint density at radius 1 is 1.06 bits per heavy atom. The molecule has 3 rings (SSSR count). The van der Waals surface area contributed by atoms with E-state index in [9.17, 15) is 4.79 Å². The van der Waals surface area contributed by atoms with Crippen LogP contribution in [0.3, 0.4) is 0 Å². The van der Waals surface area contributed by atoms with Crippen molar-refractivity contribution in [3.8, 4) is 0 Å². The zero-order valence-corrected chi connectivity index (χ0v) is 20.6. The van der Waals surface area contributed by atoms with Crippen molar-refractivity contribution in [2.24, 2.45) is 0 Å². The molecule has 0 saturated carbocycles. The van der Waals surface area contributed by atoms with Crippen LogP contribution < -0.4 is 10.2 Å². The van der Waals surface area contributed by atoms with E-state index in [-0.39, 0.29) is 11.9 Å². The topological polar surface area (TPSA) is 67.3 Å². The van der Waals surface area contributed by atoms with Crippen molar-refractivity contribution in [3.05, 3.63) is 83.0 Å². The highest BCUT2D eigenvalue weighted by atomic mass is 32.2. The Bertz CT molecular complexity index is 1040. The van der Waals surface area contributed by atoms with Crippen molar-refractivity contribution in [2.45, 2.75) is 44.3 Å². The molecule has 2 aromatic carbocycles. The van der Waals surface area contributed by atoms with E-state index in [0.29, 0.717) is 23.1 Å². The summed E-state index contributed by atoms with van der Waals surface area (Å²) in [4.78, 5) is 24.4. The molecule has 1 amide bonds. The predicted molar refractivity (Wildman–Crippen MR) is 135 cm³/mol. The van der Waals surface area contributed by atoms with Crippen LogP contribution in [0.25, 0.3) is 0 Å². The van der Waals surface area contributed by atoms with Gasteiger partial charge in [-0.2, -0.15) is 0 Å². The largest absolute Gasteiger partial charge is 0.378 e. The first-order valence-corrected chi connectivity index (χ1v) is 12.2. The van der Waals surface area contributed by atoms with Crippen molar-refractivity contribution in [1.82, 2.24) is 15.3 Å². The molecule has 6 nitrogen and oxygen atoms in total. The number of hydrogen-bond acceptors (Lipinski definition) is 6. The molecule has 174 valence electrons. The molecule has 0 saturated heterocycles. The average Bonchev–Trinajstić information content (AvgIpc) is 2.84. The van der Waals surface area contributed by atoms with Crippen molar-refractivity contribution in [1.29, 1.82) is 0 Å². The maximum atomic E-state index is 12.8. The Kier molecular flexibility index (Phi) is 9.27. The molecule has 0 aliphatic heterocycles. The van der Waals surface area contributed by atoms with Gasteiger partial charge in [0.1, 0.15) is 5.82 Å². The molecule has 3 aromatic rings. The maximum absolute atomic E-state index is 12.8. The number of anilines is 1. The van der Waals surface area contributed by atoms with Crippen LogP contribution in [0.15, 0.2) is 65.8 Å². The van der Waals surface area contributed by atoms with Gasteiger partial charge in [0.05, 0.1) is 18.3 Å². The number of carbonyl (C=O) groups is 1. The van der Waals surface area contributed by atoms with Crippen molar-refractivity contribution in [3.63, 3.8) is 0 Å². The van der Waals surface area contributed by atoms with Gasteiger partial charge in [0.15, 0.2) is 5.16 Å². The van der Waals surface area contributed by atoms with Crippen molar-refractivity contribution in [2.75, 3.05) is 25.1 Å². The average molecular weight is 465 g/mol. The number of rotatable bonds is 11. The number of ether oxygens (including phenoxy) is 1. The highest BCUT2D eigenvalue weighted by molar-refractivity contribution is 7.98. The summed E-state index contributed by atoms with van der Waals surface area (Å²) in [7, 11) is 1.67. The first-order valence-electron chi connectivity index (χ1n) is 11.2. The quantitative estimate of drug-likeness (QED) is 0.309. The number of hydrogen-bond donors (Lipinski definition) is 1. The van der Waals surface area contributed by atoms with Crippen LogP contribution >= 0.6 is 11.8 Å². The molecule has 0 fully saturated rings. The highest BCUT2D eigenvalue weighted by Gasteiger charge is 2.13. The van der Waals surface area contributed by atoms with Crippen molar-refractivity contribution >= 4 is 23.5 Å². The van der Waals surface area contributed by atoms with Gasteiger partial charge in [-0.15, -0.1) is 0 Å². The monoisotopic (exact) mass is 464 g/mol. The molecule has 7 heteroatoms. The molecule has 1 N–H and O–H groups in total. The number of nitrogens with zero attached hydrogens (tertiary/aromatic N) is 3. The second-order valence-corrected chi connectivity index (χ2v) is 8.64. The Labute approximate surface area is 200 Å². The summed E-state index contributed by atoms with van der Waals surface area (Å²) >= 11 is 1.56. The molecule has 33 heavy (non-hydrogen) atoms. The summed E-state index contributed by atoms with van der Waals surface area (Å²) in [5.41, 5.74) is 3.63. The van der Waals surface area contributed by atoms with Gasteiger partial charge in [0.2, 0.25) is 0 Å². The number of amides is 1. The SMILES string of the molecule is CCN(CC)c1cc(COC)nc(SCc2cccc(C(=O)NC(C)c3ccccc3)c2)n1. The standard InChI is InChI=1S/C26H32N4O2S/c1-5-30(6-2)24-16-23(17-32-4)28-26(29-24)33-18-20-11-10-14-22(15-20)25(31)27-19(3)21-12-8-7-9-13-21/h7-16,19H,5-6,17-18H2,1-4H3,(H,27,31). The number of aromatic nitrogens is 2. The molecule has 1 heterocycles. The fourth-order valence-corrected chi connectivity index (χ4v) is 4.33. The maximum Gasteiger partial charge on any atom is 0.251 e. The second kappa shape index (κ2) is 12.4. The Morgan fingerprint density at radius 3 is 2.52 bits per heavy atom. The number of carbonyl (C=O) groups excluding carboxylic acids is 1. The molecular formula is C26H32N4O2S. The van der Waals surface area contributed by atoms with Crippen LogP contribution in [0.1, 0.15) is 54.0 Å². The predicted octanol–water partition coefficient (Wildman–Crippen LogP) is 5.25. The van der Waals surface area contributed by atoms with Crippen LogP contribution in [0.4, 0.5) is 5.82 Å². The molecular weight excluding hydrogens is 432 g/mol. The summed E-state index contributed by atoms with van der Waals surface area (Å²) in [5, 5.41) is 3.79. The van der Waals surface area contributed by atoms with Gasteiger partial charge in [0, 0.05) is 37.6 Å². The van der Waals surface area contributed by atoms with Gasteiger partial charge >= 0.3 is 0 Å². The Hall–Kier alpha value is -2.90. The smallest absolute Gasteiger partial charge is 0.251 e. The van der Waals surface area contributed by atoms with Gasteiger partial charge < -0.3 is 15.0 Å². The minimum atomic E-state index is -0.0830. The van der Waals surface area contributed by atoms with E-state index in [0.717, 1.165) is 35.7 Å². The lowest BCUT2D eigenvalue weighted by Gasteiger charge is -2.20. The van der Waals surface area contributed by atoms with Crippen LogP contribution in [0.2, 0.25) is 0 Å². The molecule has 1 aromatic heterocycles. The van der Waals surface area contributed by atoms with Crippen molar-refractivity contribution < 1.29 is 9.53 Å². The van der Waals surface area contributed by atoms with Gasteiger partial charge in [-0.05, 0) is 44.0 Å². The summed E-state index contributed by atoms with van der Waals surface area (Å²) in [6, 6.07) is 19.6. The minimum absolute atomic E-state index is 0.0628. The number of thioether (sulfide) groups is 1. The number of methoxy groups -OCH3 is 1. The van der Waals surface area contributed by atoms with Gasteiger partial charge in [0.25, 0.3) is 5.91 Å². The van der Waals surface area contributed by atoms with Gasteiger partial charge in [-0.25, -0.2) is 9.97 Å². The molecule has 0 spiro atoms. The third-order valence-corrected chi connectivity index (χ3v) is 6.25. The summed E-state index contributed by atoms with van der Waals surface area (Å²) in [5.74, 6) is 1.50. The second-order valence-electron chi connectivity index (χ2n) is 7.70. The third kappa shape index (κ3) is 7.04. The molecule has 1 unspecified atom stereocenters. The Balaban J connectivity index is 1.69. The van der Waals surface area contributed by atoms with E-state index >= 15 is 0 Å². The lowest BCUT2D eigenvalue weighted by atomic mass is 10.1. The normalized spacial score (nSPS) is 11.8. The fraction of sp³-hybridized carbons (Fsp3) is 0.346. The first-order chi connectivity index (χ1) is 16.0. The first kappa shape index (κ1) is 24.7. The van der Waals surface area contributed by atoms with Crippen LogP contribution in [0.5, 0.6) is 0 Å². The van der Waals surface area contributed by atoms with Crippen LogP contribution in [0, 0.1) is 0 Å². The van der Waals surface area contributed by atoms with E-state index < -0.39 is 0 Å².